The zero-order chi connectivity index (χ0) is 15.6. The summed E-state index contributed by atoms with van der Waals surface area (Å²) in [6.45, 7) is 0. The van der Waals surface area contributed by atoms with Crippen molar-refractivity contribution in [3.63, 3.8) is 0 Å². The maximum absolute atomic E-state index is 12.9. The van der Waals surface area contributed by atoms with E-state index in [2.05, 4.69) is 0 Å². The fourth-order valence-electron chi connectivity index (χ4n) is 1.49. The summed E-state index contributed by atoms with van der Waals surface area (Å²) < 4.78 is 41.8. The Labute approximate surface area is 125 Å². The Morgan fingerprint density at radius 2 is 1.76 bits per heavy atom. The Kier molecular flexibility index (Phi) is 4.15. The summed E-state index contributed by atoms with van der Waals surface area (Å²) in [6.07, 6.45) is 0. The molecule has 0 saturated heterocycles. The normalized spacial score (nSPS) is 11.1. The third kappa shape index (κ3) is 3.50. The summed E-state index contributed by atoms with van der Waals surface area (Å²) in [4.78, 5) is 10.7. The minimum atomic E-state index is -4.15. The van der Waals surface area contributed by atoms with Gasteiger partial charge >= 0.3 is 10.1 Å². The number of carbonyl (C=O) groups is 1. The van der Waals surface area contributed by atoms with Crippen LogP contribution in [0.2, 0.25) is 5.02 Å². The van der Waals surface area contributed by atoms with Gasteiger partial charge in [0.25, 0.3) is 0 Å². The lowest BCUT2D eigenvalue weighted by Gasteiger charge is -2.08. The highest BCUT2D eigenvalue weighted by Gasteiger charge is 2.19. The predicted molar refractivity (Wildman–Crippen MR) is 74.2 cm³/mol. The van der Waals surface area contributed by atoms with Crippen LogP contribution in [0.4, 0.5) is 4.39 Å². The summed E-state index contributed by atoms with van der Waals surface area (Å²) >= 11 is 5.70. The van der Waals surface area contributed by atoms with Crippen molar-refractivity contribution in [2.24, 2.45) is 5.73 Å². The molecule has 21 heavy (non-hydrogen) atoms. The molecule has 2 aromatic rings. The first-order valence-electron chi connectivity index (χ1n) is 5.59. The molecular formula is C13H9ClFNO4S. The molecule has 2 N–H and O–H groups in total. The number of hydrogen-bond acceptors (Lipinski definition) is 4. The van der Waals surface area contributed by atoms with Gasteiger partial charge in [0, 0.05) is 5.56 Å². The first kappa shape index (κ1) is 15.3. The van der Waals surface area contributed by atoms with Crippen molar-refractivity contribution >= 4 is 27.6 Å². The summed E-state index contributed by atoms with van der Waals surface area (Å²) in [6, 6.07) is 7.91. The van der Waals surface area contributed by atoms with Crippen molar-refractivity contribution in [1.29, 1.82) is 0 Å². The molecule has 0 aliphatic rings. The molecule has 0 fully saturated rings. The zero-order valence-electron chi connectivity index (χ0n) is 10.4. The average molecular weight is 330 g/mol. The molecule has 5 nitrogen and oxygen atoms in total. The van der Waals surface area contributed by atoms with E-state index in [0.29, 0.717) is 0 Å². The van der Waals surface area contributed by atoms with E-state index in [1.54, 1.807) is 0 Å². The summed E-state index contributed by atoms with van der Waals surface area (Å²) in [5, 5.41) is -0.174. The van der Waals surface area contributed by atoms with E-state index in [0.717, 1.165) is 18.2 Å². The van der Waals surface area contributed by atoms with Gasteiger partial charge in [0.05, 0.1) is 5.02 Å². The Balaban J connectivity index is 2.31. The Morgan fingerprint density at radius 3 is 2.29 bits per heavy atom. The lowest BCUT2D eigenvalue weighted by molar-refractivity contribution is 0.1000. The van der Waals surface area contributed by atoms with Gasteiger partial charge in [0.2, 0.25) is 5.91 Å². The number of hydrogen-bond donors (Lipinski definition) is 1. The zero-order valence-corrected chi connectivity index (χ0v) is 12.0. The van der Waals surface area contributed by atoms with Crippen LogP contribution in [-0.2, 0) is 10.1 Å². The monoisotopic (exact) mass is 329 g/mol. The molecule has 110 valence electrons. The minimum absolute atomic E-state index is 0.161. The number of rotatable bonds is 4. The Hall–Kier alpha value is -2.12. The number of benzene rings is 2. The molecule has 0 unspecified atom stereocenters. The molecule has 0 bridgehead atoms. The Morgan fingerprint density at radius 1 is 1.14 bits per heavy atom. The number of carbonyl (C=O) groups excluding carboxylic acids is 1. The molecule has 0 aromatic heterocycles. The second-order valence-electron chi connectivity index (χ2n) is 4.00. The van der Waals surface area contributed by atoms with E-state index in [1.807, 2.05) is 0 Å². The quantitative estimate of drug-likeness (QED) is 0.872. The maximum atomic E-state index is 12.9. The SMILES string of the molecule is NC(=O)c1ccc(S(=O)(=O)Oc2ccc(F)cc2Cl)cc1. The molecule has 0 aliphatic carbocycles. The average Bonchev–Trinajstić information content (AvgIpc) is 2.42. The molecular weight excluding hydrogens is 321 g/mol. The van der Waals surface area contributed by atoms with Crippen LogP contribution in [0, 0.1) is 5.82 Å². The van der Waals surface area contributed by atoms with Gasteiger partial charge in [-0.15, -0.1) is 0 Å². The van der Waals surface area contributed by atoms with Crippen molar-refractivity contribution in [1.82, 2.24) is 0 Å². The van der Waals surface area contributed by atoms with E-state index in [9.17, 15) is 17.6 Å². The molecule has 0 atom stereocenters. The number of primary amides is 1. The van der Waals surface area contributed by atoms with Crippen molar-refractivity contribution < 1.29 is 21.8 Å². The summed E-state index contributed by atoms with van der Waals surface area (Å²) in [5.74, 6) is -1.49. The second-order valence-corrected chi connectivity index (χ2v) is 5.95. The molecule has 0 heterocycles. The number of halogens is 2. The van der Waals surface area contributed by atoms with Crippen LogP contribution in [0.1, 0.15) is 10.4 Å². The lowest BCUT2D eigenvalue weighted by atomic mass is 10.2. The molecule has 0 spiro atoms. The molecule has 2 aromatic carbocycles. The van der Waals surface area contributed by atoms with Gasteiger partial charge in [-0.2, -0.15) is 8.42 Å². The first-order chi connectivity index (χ1) is 9.79. The fraction of sp³-hybridized carbons (Fsp3) is 0. The van der Waals surface area contributed by atoms with E-state index in [-0.39, 0.29) is 21.2 Å². The molecule has 8 heteroatoms. The van der Waals surface area contributed by atoms with Gasteiger partial charge in [-0.3, -0.25) is 4.79 Å². The Bertz CT molecular complexity index is 790. The molecule has 0 saturated carbocycles. The topological polar surface area (TPSA) is 86.5 Å². The molecule has 0 aliphatic heterocycles. The third-order valence-corrected chi connectivity index (χ3v) is 4.06. The van der Waals surface area contributed by atoms with Crippen LogP contribution in [0.3, 0.4) is 0 Å². The van der Waals surface area contributed by atoms with E-state index in [4.69, 9.17) is 21.5 Å². The highest BCUT2D eigenvalue weighted by atomic mass is 35.5. The highest BCUT2D eigenvalue weighted by molar-refractivity contribution is 7.87. The number of nitrogens with two attached hydrogens (primary N) is 1. The predicted octanol–water partition coefficient (Wildman–Crippen LogP) is 2.35. The van der Waals surface area contributed by atoms with E-state index < -0.39 is 21.8 Å². The summed E-state index contributed by atoms with van der Waals surface area (Å²) in [7, 11) is -4.15. The molecule has 1 amide bonds. The van der Waals surface area contributed by atoms with E-state index >= 15 is 0 Å². The summed E-state index contributed by atoms with van der Waals surface area (Å²) in [5.41, 5.74) is 5.22. The van der Waals surface area contributed by atoms with Crippen molar-refractivity contribution in [2.75, 3.05) is 0 Å². The fourth-order valence-corrected chi connectivity index (χ4v) is 2.69. The molecule has 2 rings (SSSR count). The van der Waals surface area contributed by atoms with Crippen LogP contribution in [0.5, 0.6) is 5.75 Å². The molecule has 0 radical (unpaired) electrons. The smallest absolute Gasteiger partial charge is 0.339 e. The van der Waals surface area contributed by atoms with Crippen molar-refractivity contribution in [3.05, 3.63) is 58.9 Å². The van der Waals surface area contributed by atoms with Gasteiger partial charge in [0.1, 0.15) is 10.7 Å². The van der Waals surface area contributed by atoms with Gasteiger partial charge in [-0.05, 0) is 42.5 Å². The van der Waals surface area contributed by atoms with Crippen LogP contribution < -0.4 is 9.92 Å². The standard InChI is InChI=1S/C13H9ClFNO4S/c14-11-7-9(15)3-6-12(11)20-21(18,19)10-4-1-8(2-5-10)13(16)17/h1-7H,(H2,16,17). The lowest BCUT2D eigenvalue weighted by Crippen LogP contribution is -2.13. The maximum Gasteiger partial charge on any atom is 0.339 e. The van der Waals surface area contributed by atoms with Gasteiger partial charge < -0.3 is 9.92 Å². The van der Waals surface area contributed by atoms with Crippen LogP contribution in [0.25, 0.3) is 0 Å². The van der Waals surface area contributed by atoms with Crippen LogP contribution in [0.15, 0.2) is 47.4 Å². The number of amides is 1. The van der Waals surface area contributed by atoms with Crippen molar-refractivity contribution in [3.8, 4) is 5.75 Å². The van der Waals surface area contributed by atoms with Crippen LogP contribution >= 0.6 is 11.6 Å². The third-order valence-electron chi connectivity index (χ3n) is 2.52. The largest absolute Gasteiger partial charge is 0.377 e. The minimum Gasteiger partial charge on any atom is -0.377 e. The first-order valence-corrected chi connectivity index (χ1v) is 7.37. The second kappa shape index (κ2) is 5.71. The van der Waals surface area contributed by atoms with Crippen molar-refractivity contribution in [2.45, 2.75) is 4.90 Å². The van der Waals surface area contributed by atoms with Gasteiger partial charge in [-0.1, -0.05) is 11.6 Å². The van der Waals surface area contributed by atoms with Gasteiger partial charge in [0.15, 0.2) is 5.75 Å². The van der Waals surface area contributed by atoms with E-state index in [1.165, 1.54) is 24.3 Å². The highest BCUT2D eigenvalue weighted by Crippen LogP contribution is 2.28. The van der Waals surface area contributed by atoms with Gasteiger partial charge in [-0.25, -0.2) is 4.39 Å². The van der Waals surface area contributed by atoms with Crippen LogP contribution in [-0.4, -0.2) is 14.3 Å².